The second-order valence-electron chi connectivity index (χ2n) is 4.04. The van der Waals surface area contributed by atoms with E-state index in [1.807, 2.05) is 25.1 Å². The second-order valence-corrected chi connectivity index (χ2v) is 4.04. The molecule has 92 valence electrons. The Hall–Kier alpha value is -1.39. The van der Waals surface area contributed by atoms with Crippen LogP contribution in [0.1, 0.15) is 28.4 Å². The van der Waals surface area contributed by atoms with Gasteiger partial charge in [0.25, 0.3) is 5.91 Å². The van der Waals surface area contributed by atoms with Crippen molar-refractivity contribution in [2.45, 2.75) is 20.0 Å². The summed E-state index contributed by atoms with van der Waals surface area (Å²) in [6.07, 6.45) is 0. The Morgan fingerprint density at radius 1 is 1.41 bits per heavy atom. The van der Waals surface area contributed by atoms with Crippen molar-refractivity contribution in [3.05, 3.63) is 34.9 Å². The van der Waals surface area contributed by atoms with Crippen LogP contribution >= 0.6 is 0 Å². The Labute approximate surface area is 101 Å². The molecule has 4 nitrogen and oxygen atoms in total. The molecule has 1 aromatic carbocycles. The van der Waals surface area contributed by atoms with E-state index in [0.29, 0.717) is 19.8 Å². The van der Waals surface area contributed by atoms with Crippen molar-refractivity contribution < 1.29 is 9.53 Å². The van der Waals surface area contributed by atoms with Gasteiger partial charge in [-0.2, -0.15) is 0 Å². The Morgan fingerprint density at radius 3 is 3.06 bits per heavy atom. The van der Waals surface area contributed by atoms with Gasteiger partial charge in [0.2, 0.25) is 0 Å². The van der Waals surface area contributed by atoms with Gasteiger partial charge < -0.3 is 15.4 Å². The number of fused-ring (bicyclic) bond motifs is 1. The summed E-state index contributed by atoms with van der Waals surface area (Å²) in [5.41, 5.74) is 3.24. The highest BCUT2D eigenvalue weighted by Crippen LogP contribution is 2.16. The van der Waals surface area contributed by atoms with Crippen molar-refractivity contribution in [3.63, 3.8) is 0 Å². The molecule has 1 heterocycles. The first-order valence-corrected chi connectivity index (χ1v) is 5.99. The van der Waals surface area contributed by atoms with Gasteiger partial charge in [-0.25, -0.2) is 0 Å². The summed E-state index contributed by atoms with van der Waals surface area (Å²) in [4.78, 5) is 11.8. The van der Waals surface area contributed by atoms with Crippen LogP contribution in [0.3, 0.4) is 0 Å². The van der Waals surface area contributed by atoms with Crippen LogP contribution in [0.2, 0.25) is 0 Å². The first-order chi connectivity index (χ1) is 8.31. The SMILES string of the molecule is CCOCCNC(=O)c1ccc2c(c1)CNC2. The fourth-order valence-corrected chi connectivity index (χ4v) is 1.92. The molecule has 1 aliphatic rings. The highest BCUT2D eigenvalue weighted by molar-refractivity contribution is 5.94. The zero-order chi connectivity index (χ0) is 12.1. The molecule has 17 heavy (non-hydrogen) atoms. The lowest BCUT2D eigenvalue weighted by molar-refractivity contribution is 0.0922. The van der Waals surface area contributed by atoms with Crippen LogP contribution in [0.5, 0.6) is 0 Å². The molecule has 0 atom stereocenters. The van der Waals surface area contributed by atoms with Gasteiger partial charge in [0.15, 0.2) is 0 Å². The smallest absolute Gasteiger partial charge is 0.251 e. The minimum atomic E-state index is -0.0283. The highest BCUT2D eigenvalue weighted by Gasteiger charge is 2.12. The zero-order valence-electron chi connectivity index (χ0n) is 10.1. The van der Waals surface area contributed by atoms with E-state index >= 15 is 0 Å². The minimum absolute atomic E-state index is 0.0283. The molecule has 4 heteroatoms. The number of ether oxygens (including phenoxy) is 1. The third-order valence-electron chi connectivity index (χ3n) is 2.84. The molecule has 1 aromatic rings. The van der Waals surface area contributed by atoms with E-state index in [2.05, 4.69) is 10.6 Å². The molecule has 0 saturated heterocycles. The maximum Gasteiger partial charge on any atom is 0.251 e. The van der Waals surface area contributed by atoms with E-state index in [1.54, 1.807) is 0 Å². The number of benzene rings is 1. The molecule has 2 N–H and O–H groups in total. The molecular formula is C13H18N2O2. The van der Waals surface area contributed by atoms with Crippen LogP contribution in [0.4, 0.5) is 0 Å². The summed E-state index contributed by atoms with van der Waals surface area (Å²) in [6, 6.07) is 5.86. The van der Waals surface area contributed by atoms with Crippen molar-refractivity contribution in [1.82, 2.24) is 10.6 Å². The van der Waals surface area contributed by atoms with Crippen LogP contribution in [0.25, 0.3) is 0 Å². The average Bonchev–Trinajstić information content (AvgIpc) is 2.81. The molecular weight excluding hydrogens is 216 g/mol. The molecule has 1 aliphatic heterocycles. The number of hydrogen-bond acceptors (Lipinski definition) is 3. The second kappa shape index (κ2) is 5.80. The lowest BCUT2D eigenvalue weighted by Crippen LogP contribution is -2.27. The summed E-state index contributed by atoms with van der Waals surface area (Å²) in [5.74, 6) is -0.0283. The van der Waals surface area contributed by atoms with Gasteiger partial charge in [-0.15, -0.1) is 0 Å². The predicted molar refractivity (Wildman–Crippen MR) is 65.8 cm³/mol. The first-order valence-electron chi connectivity index (χ1n) is 5.99. The third-order valence-corrected chi connectivity index (χ3v) is 2.84. The Morgan fingerprint density at radius 2 is 2.24 bits per heavy atom. The first kappa shape index (κ1) is 12.1. The summed E-state index contributed by atoms with van der Waals surface area (Å²) in [6.45, 7) is 5.50. The third kappa shape index (κ3) is 3.05. The fourth-order valence-electron chi connectivity index (χ4n) is 1.92. The zero-order valence-corrected chi connectivity index (χ0v) is 10.1. The molecule has 0 aromatic heterocycles. The van der Waals surface area contributed by atoms with Gasteiger partial charge >= 0.3 is 0 Å². The van der Waals surface area contributed by atoms with Gasteiger partial charge in [-0.3, -0.25) is 4.79 Å². The van der Waals surface area contributed by atoms with Gasteiger partial charge in [-0.05, 0) is 30.2 Å². The van der Waals surface area contributed by atoms with Gasteiger partial charge in [0.1, 0.15) is 0 Å². The molecule has 0 fully saturated rings. The van der Waals surface area contributed by atoms with Crippen molar-refractivity contribution in [1.29, 1.82) is 0 Å². The summed E-state index contributed by atoms with van der Waals surface area (Å²) < 4.78 is 5.17. The topological polar surface area (TPSA) is 50.4 Å². The fraction of sp³-hybridized carbons (Fsp3) is 0.462. The van der Waals surface area contributed by atoms with Crippen LogP contribution in [-0.4, -0.2) is 25.7 Å². The molecule has 0 spiro atoms. The van der Waals surface area contributed by atoms with Crippen LogP contribution in [-0.2, 0) is 17.8 Å². The summed E-state index contributed by atoms with van der Waals surface area (Å²) in [5, 5.41) is 6.10. The van der Waals surface area contributed by atoms with E-state index in [9.17, 15) is 4.79 Å². The lowest BCUT2D eigenvalue weighted by Gasteiger charge is -2.06. The lowest BCUT2D eigenvalue weighted by atomic mass is 10.1. The Balaban J connectivity index is 1.91. The van der Waals surface area contributed by atoms with E-state index in [1.165, 1.54) is 11.1 Å². The van der Waals surface area contributed by atoms with E-state index < -0.39 is 0 Å². The van der Waals surface area contributed by atoms with E-state index in [0.717, 1.165) is 18.7 Å². The van der Waals surface area contributed by atoms with Crippen molar-refractivity contribution in [3.8, 4) is 0 Å². The van der Waals surface area contributed by atoms with Crippen molar-refractivity contribution in [2.24, 2.45) is 0 Å². The van der Waals surface area contributed by atoms with Crippen LogP contribution in [0.15, 0.2) is 18.2 Å². The standard InChI is InChI=1S/C13H18N2O2/c1-2-17-6-5-15-13(16)10-3-4-11-8-14-9-12(11)7-10/h3-4,7,14H,2,5-6,8-9H2,1H3,(H,15,16). The number of carbonyl (C=O) groups excluding carboxylic acids is 1. The molecule has 0 aliphatic carbocycles. The quantitative estimate of drug-likeness (QED) is 0.749. The normalized spacial score (nSPS) is 13.5. The van der Waals surface area contributed by atoms with E-state index in [4.69, 9.17) is 4.74 Å². The van der Waals surface area contributed by atoms with Crippen molar-refractivity contribution in [2.75, 3.05) is 19.8 Å². The molecule has 0 radical (unpaired) electrons. The molecule has 0 unspecified atom stereocenters. The van der Waals surface area contributed by atoms with Crippen LogP contribution in [0, 0.1) is 0 Å². The monoisotopic (exact) mass is 234 g/mol. The Bertz CT molecular complexity index is 404. The maximum atomic E-state index is 11.8. The number of amides is 1. The maximum absolute atomic E-state index is 11.8. The number of hydrogen-bond donors (Lipinski definition) is 2. The molecule has 1 amide bonds. The summed E-state index contributed by atoms with van der Waals surface area (Å²) >= 11 is 0. The van der Waals surface area contributed by atoms with Crippen molar-refractivity contribution >= 4 is 5.91 Å². The molecule has 0 bridgehead atoms. The number of nitrogens with one attached hydrogen (secondary N) is 2. The van der Waals surface area contributed by atoms with Gasteiger partial charge in [-0.1, -0.05) is 6.07 Å². The molecule has 0 saturated carbocycles. The van der Waals surface area contributed by atoms with Gasteiger partial charge in [0.05, 0.1) is 6.61 Å². The number of rotatable bonds is 5. The van der Waals surface area contributed by atoms with Crippen LogP contribution < -0.4 is 10.6 Å². The molecule has 2 rings (SSSR count). The Kier molecular flexibility index (Phi) is 4.12. The largest absolute Gasteiger partial charge is 0.380 e. The minimum Gasteiger partial charge on any atom is -0.380 e. The number of carbonyl (C=O) groups is 1. The van der Waals surface area contributed by atoms with E-state index in [-0.39, 0.29) is 5.91 Å². The highest BCUT2D eigenvalue weighted by atomic mass is 16.5. The average molecular weight is 234 g/mol. The predicted octanol–water partition coefficient (Wildman–Crippen LogP) is 1.06. The van der Waals surface area contributed by atoms with Gasteiger partial charge in [0, 0.05) is 31.8 Å². The summed E-state index contributed by atoms with van der Waals surface area (Å²) in [7, 11) is 0.